The Bertz CT molecular complexity index is 948. The van der Waals surface area contributed by atoms with Crippen LogP contribution in [0.2, 0.25) is 0 Å². The molecular formula is C19H19IN4O4S. The second kappa shape index (κ2) is 9.35. The van der Waals surface area contributed by atoms with Gasteiger partial charge < -0.3 is 14.5 Å². The Balaban J connectivity index is 1.62. The summed E-state index contributed by atoms with van der Waals surface area (Å²) in [6, 6.07) is 12.1. The predicted molar refractivity (Wildman–Crippen MR) is 123 cm³/mol. The zero-order valence-electron chi connectivity index (χ0n) is 15.6. The highest BCUT2D eigenvalue weighted by Gasteiger charge is 2.25. The summed E-state index contributed by atoms with van der Waals surface area (Å²) in [6.07, 6.45) is 0. The number of thiocarbonyl (C=S) groups is 1. The number of piperazine rings is 1. The molecule has 0 spiro atoms. The van der Waals surface area contributed by atoms with Gasteiger partial charge in [-0.3, -0.25) is 20.2 Å². The lowest BCUT2D eigenvalue weighted by Gasteiger charge is -2.37. The van der Waals surface area contributed by atoms with Crippen LogP contribution in [0.5, 0.6) is 5.75 Å². The Labute approximate surface area is 187 Å². The molecule has 0 unspecified atom stereocenters. The summed E-state index contributed by atoms with van der Waals surface area (Å²) in [5.41, 5.74) is 1.10. The van der Waals surface area contributed by atoms with Crippen LogP contribution in [0.15, 0.2) is 42.5 Å². The summed E-state index contributed by atoms with van der Waals surface area (Å²) in [5, 5.41) is 14.6. The van der Waals surface area contributed by atoms with Gasteiger partial charge in [0.05, 0.1) is 18.1 Å². The first-order valence-corrected chi connectivity index (χ1v) is 10.3. The van der Waals surface area contributed by atoms with E-state index >= 15 is 0 Å². The van der Waals surface area contributed by atoms with Crippen LogP contribution in [0.3, 0.4) is 0 Å². The zero-order chi connectivity index (χ0) is 21.0. The number of nitro groups is 1. The van der Waals surface area contributed by atoms with Crippen LogP contribution in [-0.2, 0) is 0 Å². The maximum absolute atomic E-state index is 12.4. The van der Waals surface area contributed by atoms with E-state index in [1.807, 2.05) is 21.9 Å². The molecule has 2 aromatic rings. The van der Waals surface area contributed by atoms with Gasteiger partial charge in [0.2, 0.25) is 0 Å². The number of nitro benzene ring substituents is 1. The van der Waals surface area contributed by atoms with Gasteiger partial charge in [0.1, 0.15) is 11.4 Å². The topological polar surface area (TPSA) is 88.0 Å². The quantitative estimate of drug-likeness (QED) is 0.284. The van der Waals surface area contributed by atoms with Crippen LogP contribution >= 0.6 is 34.8 Å². The van der Waals surface area contributed by atoms with Gasteiger partial charge in [-0.05, 0) is 65.1 Å². The molecule has 1 heterocycles. The van der Waals surface area contributed by atoms with Gasteiger partial charge in [0, 0.05) is 35.3 Å². The van der Waals surface area contributed by atoms with Crippen molar-refractivity contribution in [3.8, 4) is 5.75 Å². The van der Waals surface area contributed by atoms with Gasteiger partial charge in [0.25, 0.3) is 11.6 Å². The Morgan fingerprint density at radius 1 is 1.21 bits per heavy atom. The van der Waals surface area contributed by atoms with Crippen LogP contribution in [0.1, 0.15) is 10.4 Å². The van der Waals surface area contributed by atoms with E-state index in [1.165, 1.54) is 13.2 Å². The van der Waals surface area contributed by atoms with Crippen molar-refractivity contribution < 1.29 is 14.5 Å². The van der Waals surface area contributed by atoms with Crippen molar-refractivity contribution in [2.24, 2.45) is 0 Å². The molecule has 0 bridgehead atoms. The van der Waals surface area contributed by atoms with Crippen LogP contribution in [-0.4, -0.2) is 54.1 Å². The van der Waals surface area contributed by atoms with Gasteiger partial charge >= 0.3 is 0 Å². The molecule has 0 aliphatic carbocycles. The summed E-state index contributed by atoms with van der Waals surface area (Å²) in [5.74, 6) is 0.195. The van der Waals surface area contributed by atoms with Crippen molar-refractivity contribution in [3.05, 3.63) is 61.7 Å². The van der Waals surface area contributed by atoms with E-state index in [0.29, 0.717) is 48.3 Å². The number of nitrogens with zero attached hydrogens (tertiary/aromatic N) is 3. The molecule has 0 saturated carbocycles. The number of hydrogen-bond donors (Lipinski definition) is 1. The average molecular weight is 526 g/mol. The molecule has 1 saturated heterocycles. The molecule has 1 fully saturated rings. The number of nitrogens with one attached hydrogen (secondary N) is 1. The van der Waals surface area contributed by atoms with E-state index in [0.717, 1.165) is 3.57 Å². The molecule has 8 nitrogen and oxygen atoms in total. The Hall–Kier alpha value is -2.47. The third kappa shape index (κ3) is 5.12. The second-order valence-corrected chi connectivity index (χ2v) is 7.99. The predicted octanol–water partition coefficient (Wildman–Crippen LogP) is 3.04. The van der Waals surface area contributed by atoms with Crippen molar-refractivity contribution in [1.29, 1.82) is 0 Å². The summed E-state index contributed by atoms with van der Waals surface area (Å²) < 4.78 is 6.06. The molecule has 0 radical (unpaired) electrons. The Morgan fingerprint density at radius 2 is 1.93 bits per heavy atom. The fraction of sp³-hybridized carbons (Fsp3) is 0.263. The molecule has 0 aromatic heterocycles. The van der Waals surface area contributed by atoms with Crippen LogP contribution < -0.4 is 15.0 Å². The summed E-state index contributed by atoms with van der Waals surface area (Å²) in [7, 11) is 1.48. The zero-order valence-corrected chi connectivity index (χ0v) is 18.6. The molecular weight excluding hydrogens is 507 g/mol. The van der Waals surface area contributed by atoms with Gasteiger partial charge in [-0.25, -0.2) is 0 Å². The number of carbonyl (C=O) groups excluding carboxylic acids is 1. The van der Waals surface area contributed by atoms with Crippen molar-refractivity contribution in [1.82, 2.24) is 10.2 Å². The van der Waals surface area contributed by atoms with Gasteiger partial charge in [-0.15, -0.1) is 0 Å². The SMILES string of the molecule is COc1ccc(N2CCN(C(=S)NC(=O)c3cccc(I)c3)CC2)c([N+](=O)[O-])c1. The van der Waals surface area contributed by atoms with Crippen LogP contribution in [0, 0.1) is 13.7 Å². The van der Waals surface area contributed by atoms with Crippen molar-refractivity contribution in [2.75, 3.05) is 38.2 Å². The molecule has 1 amide bonds. The van der Waals surface area contributed by atoms with Gasteiger partial charge in [-0.1, -0.05) is 6.07 Å². The molecule has 1 aliphatic rings. The number of anilines is 1. The summed E-state index contributed by atoms with van der Waals surface area (Å²) in [6.45, 7) is 2.20. The third-order valence-electron chi connectivity index (χ3n) is 4.59. The molecule has 152 valence electrons. The monoisotopic (exact) mass is 526 g/mol. The van der Waals surface area contributed by atoms with Gasteiger partial charge in [-0.2, -0.15) is 0 Å². The number of carbonyl (C=O) groups is 1. The number of amides is 1. The lowest BCUT2D eigenvalue weighted by atomic mass is 10.2. The Morgan fingerprint density at radius 3 is 2.55 bits per heavy atom. The highest BCUT2D eigenvalue weighted by molar-refractivity contribution is 14.1. The fourth-order valence-electron chi connectivity index (χ4n) is 3.07. The maximum Gasteiger partial charge on any atom is 0.296 e. The minimum absolute atomic E-state index is 0.00681. The highest BCUT2D eigenvalue weighted by Crippen LogP contribution is 2.32. The lowest BCUT2D eigenvalue weighted by molar-refractivity contribution is -0.384. The van der Waals surface area contributed by atoms with Crippen LogP contribution in [0.4, 0.5) is 11.4 Å². The smallest absolute Gasteiger partial charge is 0.296 e. The fourth-order valence-corrected chi connectivity index (χ4v) is 3.89. The number of methoxy groups -OCH3 is 1. The number of rotatable bonds is 4. The maximum atomic E-state index is 12.4. The molecule has 10 heteroatoms. The van der Waals surface area contributed by atoms with E-state index in [2.05, 4.69) is 27.9 Å². The number of benzene rings is 2. The largest absolute Gasteiger partial charge is 0.496 e. The van der Waals surface area contributed by atoms with Crippen LogP contribution in [0.25, 0.3) is 0 Å². The summed E-state index contributed by atoms with van der Waals surface area (Å²) in [4.78, 5) is 27.3. The molecule has 0 atom stereocenters. The van der Waals surface area contributed by atoms with Gasteiger partial charge in [0.15, 0.2) is 5.11 Å². The molecule has 3 rings (SSSR count). The first-order chi connectivity index (χ1) is 13.9. The number of ether oxygens (including phenoxy) is 1. The van der Waals surface area contributed by atoms with Crippen molar-refractivity contribution in [2.45, 2.75) is 0 Å². The molecule has 2 aromatic carbocycles. The standard InChI is InChI=1S/C19H19IN4O4S/c1-28-15-5-6-16(17(12-15)24(26)27)22-7-9-23(10-8-22)19(29)21-18(25)13-3-2-4-14(20)11-13/h2-6,11-12H,7-10H2,1H3,(H,21,25,29). The van der Waals surface area contributed by atoms with E-state index in [4.69, 9.17) is 17.0 Å². The van der Waals surface area contributed by atoms with E-state index in [9.17, 15) is 14.9 Å². The molecule has 29 heavy (non-hydrogen) atoms. The Kier molecular flexibility index (Phi) is 6.85. The first kappa shape index (κ1) is 21.2. The van der Waals surface area contributed by atoms with Crippen molar-refractivity contribution in [3.63, 3.8) is 0 Å². The lowest BCUT2D eigenvalue weighted by Crippen LogP contribution is -2.52. The number of halogens is 1. The highest BCUT2D eigenvalue weighted by atomic mass is 127. The summed E-state index contributed by atoms with van der Waals surface area (Å²) >= 11 is 7.54. The number of hydrogen-bond acceptors (Lipinski definition) is 6. The normalized spacial score (nSPS) is 13.7. The minimum Gasteiger partial charge on any atom is -0.496 e. The third-order valence-corrected chi connectivity index (χ3v) is 5.63. The first-order valence-electron chi connectivity index (χ1n) is 8.82. The van der Waals surface area contributed by atoms with E-state index in [-0.39, 0.29) is 11.6 Å². The van der Waals surface area contributed by atoms with Crippen molar-refractivity contribution >= 4 is 57.2 Å². The molecule has 1 N–H and O–H groups in total. The molecule has 1 aliphatic heterocycles. The average Bonchev–Trinajstić information content (AvgIpc) is 2.73. The van der Waals surface area contributed by atoms with E-state index < -0.39 is 4.92 Å². The second-order valence-electron chi connectivity index (χ2n) is 6.36. The minimum atomic E-state index is -0.406. The van der Waals surface area contributed by atoms with E-state index in [1.54, 1.807) is 24.3 Å².